The van der Waals surface area contributed by atoms with Crippen LogP contribution in [0.3, 0.4) is 0 Å². The van der Waals surface area contributed by atoms with Crippen LogP contribution in [0.2, 0.25) is 0 Å². The Morgan fingerprint density at radius 1 is 0.714 bits per heavy atom. The van der Waals surface area contributed by atoms with E-state index in [0.717, 1.165) is 4.90 Å². The summed E-state index contributed by atoms with van der Waals surface area (Å²) >= 11 is 4.70. The lowest BCUT2D eigenvalue weighted by molar-refractivity contribution is 0.713. The topological polar surface area (TPSA) is 0 Å². The second kappa shape index (κ2) is 4.51. The maximum Gasteiger partial charge on any atom is 0.0435 e. The molecule has 1 heteroatoms. The van der Waals surface area contributed by atoms with Crippen molar-refractivity contribution in [1.82, 2.24) is 0 Å². The van der Waals surface area contributed by atoms with Crippen molar-refractivity contribution >= 4 is 12.6 Å². The van der Waals surface area contributed by atoms with Crippen molar-refractivity contribution in [3.05, 3.63) is 89.5 Å². The summed E-state index contributed by atoms with van der Waals surface area (Å²) in [6, 6.07) is 25.9. The van der Waals surface area contributed by atoms with E-state index < -0.39 is 0 Å². The van der Waals surface area contributed by atoms with Crippen molar-refractivity contribution in [2.45, 2.75) is 17.2 Å². The fourth-order valence-corrected chi connectivity index (χ4v) is 3.93. The molecule has 1 aliphatic rings. The van der Waals surface area contributed by atoms with Gasteiger partial charge < -0.3 is 0 Å². The van der Waals surface area contributed by atoms with Gasteiger partial charge in [0, 0.05) is 10.3 Å². The van der Waals surface area contributed by atoms with Crippen LogP contribution in [0.5, 0.6) is 0 Å². The zero-order valence-electron chi connectivity index (χ0n) is 11.9. The van der Waals surface area contributed by atoms with Crippen molar-refractivity contribution in [1.29, 1.82) is 0 Å². The lowest BCUT2D eigenvalue weighted by Gasteiger charge is -2.28. The Labute approximate surface area is 130 Å². The smallest absolute Gasteiger partial charge is 0.0435 e. The SMILES string of the molecule is CC1(c2ccccc2)c2ccccc2-c2c(S)cccc21. The average Bonchev–Trinajstić information content (AvgIpc) is 2.81. The number of hydrogen-bond acceptors (Lipinski definition) is 1. The Morgan fingerprint density at radius 2 is 1.38 bits per heavy atom. The predicted molar refractivity (Wildman–Crippen MR) is 91.1 cm³/mol. The first-order chi connectivity index (χ1) is 10.2. The molecule has 1 unspecified atom stereocenters. The van der Waals surface area contributed by atoms with Crippen LogP contribution in [0.4, 0.5) is 0 Å². The molecule has 0 aliphatic heterocycles. The van der Waals surface area contributed by atoms with E-state index in [1.165, 1.54) is 27.8 Å². The van der Waals surface area contributed by atoms with E-state index in [2.05, 4.69) is 79.7 Å². The van der Waals surface area contributed by atoms with E-state index in [1.54, 1.807) is 0 Å². The molecule has 0 heterocycles. The molecule has 0 radical (unpaired) electrons. The van der Waals surface area contributed by atoms with Crippen LogP contribution in [0.1, 0.15) is 23.6 Å². The lowest BCUT2D eigenvalue weighted by atomic mass is 9.74. The van der Waals surface area contributed by atoms with Gasteiger partial charge in [0.2, 0.25) is 0 Å². The molecule has 0 saturated carbocycles. The van der Waals surface area contributed by atoms with Crippen LogP contribution in [0.25, 0.3) is 11.1 Å². The standard InChI is InChI=1S/C20H16S/c1-20(14-8-3-2-4-9-14)16-11-6-5-10-15(16)19-17(20)12-7-13-18(19)21/h2-13,21H,1H3. The molecule has 4 rings (SSSR count). The Hall–Kier alpha value is -1.99. The third kappa shape index (κ3) is 1.64. The number of rotatable bonds is 1. The second-order valence-electron chi connectivity index (χ2n) is 5.74. The molecule has 0 N–H and O–H groups in total. The summed E-state index contributed by atoms with van der Waals surface area (Å²) < 4.78 is 0. The maximum atomic E-state index is 4.70. The van der Waals surface area contributed by atoms with Gasteiger partial charge in [-0.05, 0) is 40.8 Å². The van der Waals surface area contributed by atoms with E-state index >= 15 is 0 Å². The molecule has 0 aromatic heterocycles. The van der Waals surface area contributed by atoms with Crippen LogP contribution < -0.4 is 0 Å². The van der Waals surface area contributed by atoms with Crippen molar-refractivity contribution < 1.29 is 0 Å². The highest BCUT2D eigenvalue weighted by Crippen LogP contribution is 2.53. The minimum absolute atomic E-state index is 0.105. The third-order valence-corrected chi connectivity index (χ3v) is 5.04. The summed E-state index contributed by atoms with van der Waals surface area (Å²) in [4.78, 5) is 1.06. The van der Waals surface area contributed by atoms with Crippen LogP contribution in [0, 0.1) is 0 Å². The van der Waals surface area contributed by atoms with Crippen LogP contribution in [-0.4, -0.2) is 0 Å². The van der Waals surface area contributed by atoms with Crippen molar-refractivity contribution in [2.24, 2.45) is 0 Å². The van der Waals surface area contributed by atoms with Gasteiger partial charge in [-0.25, -0.2) is 0 Å². The van der Waals surface area contributed by atoms with Gasteiger partial charge in [-0.1, -0.05) is 66.7 Å². The molecule has 0 amide bonds. The summed E-state index contributed by atoms with van der Waals surface area (Å²) in [5, 5.41) is 0. The monoisotopic (exact) mass is 288 g/mol. The Morgan fingerprint density at radius 3 is 2.19 bits per heavy atom. The summed E-state index contributed by atoms with van der Waals surface area (Å²) in [6.07, 6.45) is 0. The van der Waals surface area contributed by atoms with Gasteiger partial charge in [-0.15, -0.1) is 12.6 Å². The zero-order valence-corrected chi connectivity index (χ0v) is 12.8. The largest absolute Gasteiger partial charge is 0.143 e. The summed E-state index contributed by atoms with van der Waals surface area (Å²) in [5.74, 6) is 0. The van der Waals surface area contributed by atoms with Crippen molar-refractivity contribution in [3.8, 4) is 11.1 Å². The Bertz CT molecular complexity index is 820. The quantitative estimate of drug-likeness (QED) is 0.576. The van der Waals surface area contributed by atoms with E-state index in [4.69, 9.17) is 12.6 Å². The Kier molecular flexibility index (Phi) is 2.73. The van der Waals surface area contributed by atoms with Gasteiger partial charge in [0.05, 0.1) is 0 Å². The molecule has 0 bridgehead atoms. The van der Waals surface area contributed by atoms with Crippen LogP contribution in [-0.2, 0) is 5.41 Å². The van der Waals surface area contributed by atoms with Crippen molar-refractivity contribution in [2.75, 3.05) is 0 Å². The number of fused-ring (bicyclic) bond motifs is 3. The van der Waals surface area contributed by atoms with E-state index in [0.29, 0.717) is 0 Å². The average molecular weight is 288 g/mol. The van der Waals surface area contributed by atoms with Gasteiger partial charge in [0.15, 0.2) is 0 Å². The fraction of sp³-hybridized carbons (Fsp3) is 0.100. The van der Waals surface area contributed by atoms with Crippen molar-refractivity contribution in [3.63, 3.8) is 0 Å². The molecule has 0 nitrogen and oxygen atoms in total. The van der Waals surface area contributed by atoms with E-state index in [9.17, 15) is 0 Å². The molecule has 21 heavy (non-hydrogen) atoms. The first-order valence-corrected chi connectivity index (χ1v) is 7.65. The first-order valence-electron chi connectivity index (χ1n) is 7.21. The third-order valence-electron chi connectivity index (χ3n) is 4.67. The Balaban J connectivity index is 2.13. The molecule has 3 aromatic rings. The molecular formula is C20H16S. The number of hydrogen-bond donors (Lipinski definition) is 1. The minimum atomic E-state index is -0.105. The van der Waals surface area contributed by atoms with Gasteiger partial charge in [-0.3, -0.25) is 0 Å². The van der Waals surface area contributed by atoms with Gasteiger partial charge in [0.25, 0.3) is 0 Å². The number of benzene rings is 3. The molecule has 1 aliphatic carbocycles. The maximum absolute atomic E-state index is 4.70. The molecule has 102 valence electrons. The predicted octanol–water partition coefficient (Wildman–Crippen LogP) is 5.31. The molecule has 3 aromatic carbocycles. The highest BCUT2D eigenvalue weighted by molar-refractivity contribution is 7.80. The number of thiol groups is 1. The molecule has 1 atom stereocenters. The summed E-state index contributed by atoms with van der Waals surface area (Å²) in [5.41, 5.74) is 6.53. The normalized spacial score (nSPS) is 19.1. The lowest BCUT2D eigenvalue weighted by Crippen LogP contribution is -2.22. The zero-order chi connectivity index (χ0) is 14.4. The van der Waals surface area contributed by atoms with E-state index in [1.807, 2.05) is 0 Å². The molecule has 0 spiro atoms. The van der Waals surface area contributed by atoms with Gasteiger partial charge in [-0.2, -0.15) is 0 Å². The van der Waals surface area contributed by atoms with E-state index in [-0.39, 0.29) is 5.41 Å². The molecule has 0 saturated heterocycles. The molecule has 0 fully saturated rings. The van der Waals surface area contributed by atoms with Crippen LogP contribution in [0.15, 0.2) is 77.7 Å². The highest BCUT2D eigenvalue weighted by atomic mass is 32.1. The first kappa shape index (κ1) is 12.7. The van der Waals surface area contributed by atoms with Crippen LogP contribution >= 0.6 is 12.6 Å². The highest BCUT2D eigenvalue weighted by Gasteiger charge is 2.40. The van der Waals surface area contributed by atoms with Gasteiger partial charge in [0.1, 0.15) is 0 Å². The second-order valence-corrected chi connectivity index (χ2v) is 6.22. The summed E-state index contributed by atoms with van der Waals surface area (Å²) in [6.45, 7) is 2.32. The fourth-order valence-electron chi connectivity index (χ4n) is 3.60. The minimum Gasteiger partial charge on any atom is -0.143 e. The van der Waals surface area contributed by atoms with Gasteiger partial charge >= 0.3 is 0 Å². The summed E-state index contributed by atoms with van der Waals surface area (Å²) in [7, 11) is 0. The molecular weight excluding hydrogens is 272 g/mol.